The van der Waals surface area contributed by atoms with Gasteiger partial charge in [0.1, 0.15) is 11.6 Å². The Morgan fingerprint density at radius 3 is 3.10 bits per heavy atom. The van der Waals surface area contributed by atoms with E-state index in [2.05, 4.69) is 10.4 Å². The molecule has 6 heteroatoms. The Balaban J connectivity index is 2.08. The fourth-order valence-corrected chi connectivity index (χ4v) is 2.35. The number of nitrogens with one attached hydrogen (secondary N) is 1. The topological polar surface area (TPSA) is 70.7 Å². The summed E-state index contributed by atoms with van der Waals surface area (Å²) < 4.78 is 1.73. The molecule has 0 atom stereocenters. The highest BCUT2D eigenvalue weighted by molar-refractivity contribution is 7.09. The van der Waals surface area contributed by atoms with Gasteiger partial charge in [-0.25, -0.2) is 0 Å². The largest absolute Gasteiger partial charge is 0.347 e. The number of thiophene rings is 1. The molecule has 20 heavy (non-hydrogen) atoms. The second kappa shape index (κ2) is 6.68. The van der Waals surface area contributed by atoms with Gasteiger partial charge in [-0.3, -0.25) is 9.48 Å². The Hall–Kier alpha value is -2.39. The van der Waals surface area contributed by atoms with Crippen LogP contribution in [0.1, 0.15) is 17.5 Å². The van der Waals surface area contributed by atoms with Crippen LogP contribution in [-0.2, 0) is 17.9 Å². The minimum absolute atomic E-state index is 0.0803. The van der Waals surface area contributed by atoms with E-state index in [1.807, 2.05) is 30.5 Å². The molecule has 0 fully saturated rings. The summed E-state index contributed by atoms with van der Waals surface area (Å²) in [5, 5.41) is 17.9. The second-order valence-electron chi connectivity index (χ2n) is 4.00. The number of nitrogens with zero attached hydrogens (tertiary/aromatic N) is 3. The van der Waals surface area contributed by atoms with Crippen molar-refractivity contribution in [2.45, 2.75) is 20.0 Å². The third-order valence-electron chi connectivity index (χ3n) is 2.71. The first-order valence-corrected chi connectivity index (χ1v) is 7.06. The average molecular weight is 286 g/mol. The summed E-state index contributed by atoms with van der Waals surface area (Å²) in [7, 11) is 0. The van der Waals surface area contributed by atoms with Gasteiger partial charge in [0.25, 0.3) is 5.91 Å². The van der Waals surface area contributed by atoms with Crippen LogP contribution in [0.25, 0.3) is 6.08 Å². The lowest BCUT2D eigenvalue weighted by Crippen LogP contribution is -2.23. The van der Waals surface area contributed by atoms with Gasteiger partial charge in [0.05, 0.1) is 12.2 Å². The van der Waals surface area contributed by atoms with Crippen LogP contribution in [0.15, 0.2) is 35.3 Å². The Kier molecular flexibility index (Phi) is 4.69. The van der Waals surface area contributed by atoms with Crippen LogP contribution >= 0.6 is 11.3 Å². The molecule has 0 unspecified atom stereocenters. The molecule has 2 rings (SSSR count). The molecule has 0 saturated carbocycles. The highest BCUT2D eigenvalue weighted by Crippen LogP contribution is 2.09. The van der Waals surface area contributed by atoms with Crippen LogP contribution in [0.2, 0.25) is 0 Å². The average Bonchev–Trinajstić information content (AvgIpc) is 3.12. The highest BCUT2D eigenvalue weighted by Gasteiger charge is 2.10. The van der Waals surface area contributed by atoms with Crippen molar-refractivity contribution in [1.29, 1.82) is 5.26 Å². The maximum absolute atomic E-state index is 12.0. The Bertz CT molecular complexity index is 649. The van der Waals surface area contributed by atoms with E-state index >= 15 is 0 Å². The molecular formula is C14H14N4OS. The third kappa shape index (κ3) is 3.33. The molecule has 0 aromatic carbocycles. The van der Waals surface area contributed by atoms with Crippen molar-refractivity contribution in [3.8, 4) is 6.07 Å². The van der Waals surface area contributed by atoms with Crippen LogP contribution in [0.5, 0.6) is 0 Å². The zero-order valence-electron chi connectivity index (χ0n) is 11.0. The number of nitriles is 1. The summed E-state index contributed by atoms with van der Waals surface area (Å²) in [5.74, 6) is -0.371. The maximum atomic E-state index is 12.0. The molecule has 0 aliphatic heterocycles. The van der Waals surface area contributed by atoms with Crippen molar-refractivity contribution in [3.63, 3.8) is 0 Å². The van der Waals surface area contributed by atoms with Gasteiger partial charge in [-0.15, -0.1) is 11.3 Å². The van der Waals surface area contributed by atoms with Gasteiger partial charge < -0.3 is 5.32 Å². The molecular weight excluding hydrogens is 272 g/mol. The smallest absolute Gasteiger partial charge is 0.262 e. The molecule has 2 aromatic rings. The summed E-state index contributed by atoms with van der Waals surface area (Å²) in [5.41, 5.74) is 0.826. The first kappa shape index (κ1) is 14.0. The number of aromatic nitrogens is 2. The Morgan fingerprint density at radius 1 is 1.60 bits per heavy atom. The van der Waals surface area contributed by atoms with Crippen molar-refractivity contribution in [3.05, 3.63) is 45.9 Å². The second-order valence-corrected chi connectivity index (χ2v) is 5.04. The molecule has 0 aliphatic carbocycles. The van der Waals surface area contributed by atoms with Crippen molar-refractivity contribution >= 4 is 23.3 Å². The molecule has 0 bridgehead atoms. The lowest BCUT2D eigenvalue weighted by atomic mass is 10.2. The molecule has 2 heterocycles. The fraction of sp³-hybridized carbons (Fsp3) is 0.214. The van der Waals surface area contributed by atoms with Crippen molar-refractivity contribution < 1.29 is 4.79 Å². The molecule has 0 saturated heterocycles. The molecule has 1 N–H and O–H groups in total. The van der Waals surface area contributed by atoms with Crippen LogP contribution in [0.3, 0.4) is 0 Å². The maximum Gasteiger partial charge on any atom is 0.262 e. The number of carbonyl (C=O) groups is 1. The Morgan fingerprint density at radius 2 is 2.45 bits per heavy atom. The van der Waals surface area contributed by atoms with Crippen molar-refractivity contribution in [1.82, 2.24) is 15.1 Å². The molecule has 5 nitrogen and oxygen atoms in total. The molecule has 2 aromatic heterocycles. The van der Waals surface area contributed by atoms with Gasteiger partial charge >= 0.3 is 0 Å². The van der Waals surface area contributed by atoms with E-state index < -0.39 is 0 Å². The standard InChI is InChI=1S/C14H14N4OS/c1-2-18-12(5-6-17-18)8-11(9-15)14(19)16-10-13-4-3-7-20-13/h3-8H,2,10H2,1H3,(H,16,19)/b11-8-. The minimum Gasteiger partial charge on any atom is -0.347 e. The quantitative estimate of drug-likeness (QED) is 0.676. The lowest BCUT2D eigenvalue weighted by molar-refractivity contribution is -0.117. The molecule has 0 aliphatic rings. The lowest BCUT2D eigenvalue weighted by Gasteiger charge is -2.03. The Labute approximate surface area is 121 Å². The van der Waals surface area contributed by atoms with Gasteiger partial charge in [-0.1, -0.05) is 6.07 Å². The van der Waals surface area contributed by atoms with E-state index in [1.165, 1.54) is 0 Å². The van der Waals surface area contributed by atoms with Gasteiger partial charge in [0, 0.05) is 17.6 Å². The number of hydrogen-bond acceptors (Lipinski definition) is 4. The van der Waals surface area contributed by atoms with Gasteiger partial charge in [-0.05, 0) is 30.5 Å². The normalized spacial score (nSPS) is 11.1. The monoisotopic (exact) mass is 286 g/mol. The fourth-order valence-electron chi connectivity index (χ4n) is 1.70. The van der Waals surface area contributed by atoms with Crippen LogP contribution < -0.4 is 5.32 Å². The zero-order chi connectivity index (χ0) is 14.4. The molecule has 0 spiro atoms. The highest BCUT2D eigenvalue weighted by atomic mass is 32.1. The summed E-state index contributed by atoms with van der Waals surface area (Å²) >= 11 is 1.56. The first-order chi connectivity index (χ1) is 9.74. The molecule has 1 amide bonds. The summed E-state index contributed by atoms with van der Waals surface area (Å²) in [6, 6.07) is 7.57. The van der Waals surface area contributed by atoms with E-state index in [0.717, 1.165) is 10.6 Å². The van der Waals surface area contributed by atoms with Gasteiger partial charge in [0.2, 0.25) is 0 Å². The predicted molar refractivity (Wildman–Crippen MR) is 77.7 cm³/mol. The summed E-state index contributed by atoms with van der Waals surface area (Å²) in [6.45, 7) is 3.07. The number of amides is 1. The molecule has 0 radical (unpaired) electrons. The summed E-state index contributed by atoms with van der Waals surface area (Å²) in [6.07, 6.45) is 3.20. The third-order valence-corrected chi connectivity index (χ3v) is 3.59. The van der Waals surface area contributed by atoms with Crippen LogP contribution in [0.4, 0.5) is 0 Å². The first-order valence-electron chi connectivity index (χ1n) is 6.18. The minimum atomic E-state index is -0.371. The number of carbonyl (C=O) groups excluding carboxylic acids is 1. The van der Waals surface area contributed by atoms with Crippen molar-refractivity contribution in [2.75, 3.05) is 0 Å². The van der Waals surface area contributed by atoms with E-state index in [1.54, 1.807) is 34.4 Å². The SMILES string of the molecule is CCn1nccc1/C=C(/C#N)C(=O)NCc1cccs1. The predicted octanol–water partition coefficient (Wildman–Crippen LogP) is 2.19. The van der Waals surface area contributed by atoms with Crippen LogP contribution in [0, 0.1) is 11.3 Å². The number of rotatable bonds is 5. The van der Waals surface area contributed by atoms with E-state index in [0.29, 0.717) is 13.1 Å². The van der Waals surface area contributed by atoms with Crippen LogP contribution in [-0.4, -0.2) is 15.7 Å². The summed E-state index contributed by atoms with van der Waals surface area (Å²) in [4.78, 5) is 13.0. The number of aryl methyl sites for hydroxylation is 1. The van der Waals surface area contributed by atoms with Gasteiger partial charge in [-0.2, -0.15) is 10.4 Å². The van der Waals surface area contributed by atoms with Gasteiger partial charge in [0.15, 0.2) is 0 Å². The molecule has 102 valence electrons. The van der Waals surface area contributed by atoms with E-state index in [-0.39, 0.29) is 11.5 Å². The zero-order valence-corrected chi connectivity index (χ0v) is 11.9. The van der Waals surface area contributed by atoms with Crippen molar-refractivity contribution in [2.24, 2.45) is 0 Å². The number of hydrogen-bond donors (Lipinski definition) is 1. The van der Waals surface area contributed by atoms with E-state index in [4.69, 9.17) is 5.26 Å². The van der Waals surface area contributed by atoms with E-state index in [9.17, 15) is 4.79 Å².